The van der Waals surface area contributed by atoms with E-state index >= 15 is 0 Å². The van der Waals surface area contributed by atoms with Gasteiger partial charge in [-0.05, 0) is 54.9 Å². The van der Waals surface area contributed by atoms with Crippen LogP contribution in [0.25, 0.3) is 10.8 Å². The Morgan fingerprint density at radius 2 is 1.10 bits per heavy atom. The molecule has 0 heterocycles. The van der Waals surface area contributed by atoms with Crippen LogP contribution in [-0.4, -0.2) is 0 Å². The zero-order valence-electron chi connectivity index (χ0n) is 19.0. The summed E-state index contributed by atoms with van der Waals surface area (Å²) in [6.07, 6.45) is 26.8. The summed E-state index contributed by atoms with van der Waals surface area (Å²) in [7, 11) is 0. The first kappa shape index (κ1) is 23.7. The van der Waals surface area contributed by atoms with Gasteiger partial charge in [0.25, 0.3) is 0 Å². The number of aryl methyl sites for hydroxylation is 1. The lowest BCUT2D eigenvalue weighted by atomic mass is 10.0. The summed E-state index contributed by atoms with van der Waals surface area (Å²) in [6.45, 7) is 2.27. The molecule has 0 aromatic heterocycles. The second kappa shape index (κ2) is 16.3. The van der Waals surface area contributed by atoms with Gasteiger partial charge in [-0.3, -0.25) is 0 Å². The molecule has 0 amide bonds. The van der Waals surface area contributed by atoms with Crippen molar-refractivity contribution in [1.82, 2.24) is 0 Å². The minimum Gasteiger partial charge on any atom is -0.0885 e. The van der Waals surface area contributed by atoms with E-state index < -0.39 is 0 Å². The van der Waals surface area contributed by atoms with Crippen LogP contribution < -0.4 is 0 Å². The monoisotopic (exact) mass is 392 g/mol. The maximum atomic E-state index is 2.41. The molecule has 0 atom stereocenters. The smallest absolute Gasteiger partial charge is 0.0181 e. The fraction of sp³-hybridized carbons (Fsp3) is 0.586. The van der Waals surface area contributed by atoms with Crippen LogP contribution in [0.4, 0.5) is 0 Å². The summed E-state index contributed by atoms with van der Waals surface area (Å²) in [5.41, 5.74) is 1.50. The summed E-state index contributed by atoms with van der Waals surface area (Å²) in [6, 6.07) is 15.6. The van der Waals surface area contributed by atoms with Crippen molar-refractivity contribution < 1.29 is 0 Å². The van der Waals surface area contributed by atoms with Gasteiger partial charge in [0.05, 0.1) is 0 Å². The molecule has 0 aliphatic rings. The highest BCUT2D eigenvalue weighted by Crippen LogP contribution is 2.18. The molecular formula is C29H44. The van der Waals surface area contributed by atoms with Crippen LogP contribution in [0, 0.1) is 0 Å². The van der Waals surface area contributed by atoms with Crippen molar-refractivity contribution in [3.05, 3.63) is 60.2 Å². The molecule has 0 N–H and O–H groups in total. The van der Waals surface area contributed by atoms with E-state index in [9.17, 15) is 0 Å². The first-order valence-electron chi connectivity index (χ1n) is 12.5. The molecule has 2 aromatic carbocycles. The molecule has 0 nitrogen and oxygen atoms in total. The average Bonchev–Trinajstić information content (AvgIpc) is 2.76. The van der Waals surface area contributed by atoms with E-state index in [2.05, 4.69) is 61.5 Å². The normalized spacial score (nSPS) is 11.6. The van der Waals surface area contributed by atoms with E-state index in [1.54, 1.807) is 0 Å². The van der Waals surface area contributed by atoms with Gasteiger partial charge in [0.1, 0.15) is 0 Å². The highest BCUT2D eigenvalue weighted by Gasteiger charge is 1.97. The molecule has 0 fully saturated rings. The second-order valence-corrected chi connectivity index (χ2v) is 8.72. The quantitative estimate of drug-likeness (QED) is 0.185. The summed E-state index contributed by atoms with van der Waals surface area (Å²) >= 11 is 0. The molecule has 0 unspecified atom stereocenters. The molecule has 0 aliphatic heterocycles. The average molecular weight is 393 g/mol. The van der Waals surface area contributed by atoms with Crippen LogP contribution in [0.3, 0.4) is 0 Å². The predicted molar refractivity (Wildman–Crippen MR) is 132 cm³/mol. The van der Waals surface area contributed by atoms with E-state index in [4.69, 9.17) is 0 Å². The molecule has 160 valence electrons. The molecular weight excluding hydrogens is 348 g/mol. The van der Waals surface area contributed by atoms with E-state index in [0.29, 0.717) is 0 Å². The number of unbranched alkanes of at least 4 members (excludes halogenated alkanes) is 13. The summed E-state index contributed by atoms with van der Waals surface area (Å²) in [4.78, 5) is 0. The van der Waals surface area contributed by atoms with Crippen molar-refractivity contribution in [3.63, 3.8) is 0 Å². The Morgan fingerprint density at radius 3 is 1.76 bits per heavy atom. The Morgan fingerprint density at radius 1 is 0.552 bits per heavy atom. The van der Waals surface area contributed by atoms with Gasteiger partial charge in [-0.1, -0.05) is 126 Å². The second-order valence-electron chi connectivity index (χ2n) is 8.72. The molecule has 0 spiro atoms. The van der Waals surface area contributed by atoms with E-state index in [0.717, 1.165) is 0 Å². The van der Waals surface area contributed by atoms with Gasteiger partial charge in [-0.25, -0.2) is 0 Å². The Bertz CT molecular complexity index is 667. The molecule has 0 heteroatoms. The summed E-state index contributed by atoms with van der Waals surface area (Å²) < 4.78 is 0. The molecule has 0 saturated heterocycles. The lowest BCUT2D eigenvalue weighted by Crippen LogP contribution is -1.87. The van der Waals surface area contributed by atoms with Gasteiger partial charge in [-0.15, -0.1) is 0 Å². The third-order valence-corrected chi connectivity index (χ3v) is 6.04. The highest BCUT2D eigenvalue weighted by atomic mass is 14.0. The lowest BCUT2D eigenvalue weighted by molar-refractivity contribution is 0.552. The van der Waals surface area contributed by atoms with Crippen LogP contribution in [0.2, 0.25) is 0 Å². The van der Waals surface area contributed by atoms with Gasteiger partial charge in [0.15, 0.2) is 0 Å². The van der Waals surface area contributed by atoms with Crippen molar-refractivity contribution in [2.24, 2.45) is 0 Å². The molecule has 0 saturated carbocycles. The van der Waals surface area contributed by atoms with Crippen LogP contribution >= 0.6 is 0 Å². The molecule has 2 aromatic rings. The van der Waals surface area contributed by atoms with Gasteiger partial charge >= 0.3 is 0 Å². The molecule has 0 aliphatic carbocycles. The Balaban J connectivity index is 1.35. The van der Waals surface area contributed by atoms with Crippen LogP contribution in [0.1, 0.15) is 109 Å². The number of benzene rings is 2. The fourth-order valence-corrected chi connectivity index (χ4v) is 4.15. The van der Waals surface area contributed by atoms with E-state index in [1.165, 1.54) is 119 Å². The number of fused-ring (bicyclic) bond motifs is 1. The number of hydrogen-bond donors (Lipinski definition) is 0. The Kier molecular flexibility index (Phi) is 13.3. The summed E-state index contributed by atoms with van der Waals surface area (Å²) in [5, 5.41) is 2.74. The van der Waals surface area contributed by atoms with Crippen LogP contribution in [0.15, 0.2) is 54.6 Å². The highest BCUT2D eigenvalue weighted by molar-refractivity contribution is 5.82. The van der Waals surface area contributed by atoms with Gasteiger partial charge in [-0.2, -0.15) is 0 Å². The predicted octanol–water partition coefficient (Wildman–Crippen LogP) is 9.81. The number of hydrogen-bond acceptors (Lipinski definition) is 0. The zero-order valence-corrected chi connectivity index (χ0v) is 19.0. The first-order chi connectivity index (χ1) is 14.4. The Labute approximate surface area is 180 Å². The van der Waals surface area contributed by atoms with Crippen LogP contribution in [0.5, 0.6) is 0 Å². The SMILES string of the molecule is CCCCC/C=C/CCCCCCCCCCCCc1ccc2ccccc2c1. The van der Waals surface area contributed by atoms with Crippen molar-refractivity contribution in [2.45, 2.75) is 110 Å². The first-order valence-corrected chi connectivity index (χ1v) is 12.5. The standard InChI is InChI=1S/C29H44/c1-2-3-4-5-6-7-8-9-10-11-12-13-14-15-16-17-18-21-27-24-25-28-22-19-20-23-29(28)26-27/h6-7,19-20,22-26H,2-5,8-18,21H2,1H3/b7-6+. The topological polar surface area (TPSA) is 0 Å². The van der Waals surface area contributed by atoms with Crippen molar-refractivity contribution >= 4 is 10.8 Å². The van der Waals surface area contributed by atoms with Crippen molar-refractivity contribution in [3.8, 4) is 0 Å². The van der Waals surface area contributed by atoms with Gasteiger partial charge in [0.2, 0.25) is 0 Å². The van der Waals surface area contributed by atoms with Crippen LogP contribution in [-0.2, 0) is 6.42 Å². The fourth-order valence-electron chi connectivity index (χ4n) is 4.15. The van der Waals surface area contributed by atoms with Gasteiger partial charge < -0.3 is 0 Å². The third kappa shape index (κ3) is 11.3. The number of allylic oxidation sites excluding steroid dienone is 2. The van der Waals surface area contributed by atoms with Gasteiger partial charge in [0, 0.05) is 0 Å². The van der Waals surface area contributed by atoms with Crippen molar-refractivity contribution in [1.29, 1.82) is 0 Å². The number of rotatable bonds is 17. The minimum atomic E-state index is 1.23. The molecule has 0 radical (unpaired) electrons. The summed E-state index contributed by atoms with van der Waals surface area (Å²) in [5.74, 6) is 0. The maximum absolute atomic E-state index is 2.41. The molecule has 2 rings (SSSR count). The van der Waals surface area contributed by atoms with Crippen molar-refractivity contribution in [2.75, 3.05) is 0 Å². The molecule has 0 bridgehead atoms. The third-order valence-electron chi connectivity index (χ3n) is 6.04. The zero-order chi connectivity index (χ0) is 20.4. The lowest BCUT2D eigenvalue weighted by Gasteiger charge is -2.05. The Hall–Kier alpha value is -1.56. The molecule has 29 heavy (non-hydrogen) atoms. The van der Waals surface area contributed by atoms with E-state index in [-0.39, 0.29) is 0 Å². The minimum absolute atomic E-state index is 1.23. The maximum Gasteiger partial charge on any atom is -0.0181 e. The largest absolute Gasteiger partial charge is 0.0885 e. The van der Waals surface area contributed by atoms with E-state index in [1.807, 2.05) is 0 Å².